The maximum Gasteiger partial charge on any atom is 0.254 e. The fraction of sp³-hybridized carbons (Fsp3) is 0.267. The van der Waals surface area contributed by atoms with Crippen molar-refractivity contribution in [1.82, 2.24) is 15.3 Å². The van der Waals surface area contributed by atoms with Gasteiger partial charge in [-0.25, -0.2) is 0 Å². The summed E-state index contributed by atoms with van der Waals surface area (Å²) in [5, 5.41) is 11.8. The Morgan fingerprint density at radius 3 is 2.91 bits per heavy atom. The van der Waals surface area contributed by atoms with Crippen molar-refractivity contribution in [3.63, 3.8) is 0 Å². The van der Waals surface area contributed by atoms with E-state index in [2.05, 4.69) is 15.3 Å². The van der Waals surface area contributed by atoms with Crippen LogP contribution in [0.1, 0.15) is 16.2 Å². The Morgan fingerprint density at radius 2 is 2.17 bits per heavy atom. The number of carbonyl (C=O) groups excluding carboxylic acids is 1. The van der Waals surface area contributed by atoms with Crippen LogP contribution in [0, 0.1) is 0 Å². The molecule has 8 heteroatoms. The highest BCUT2D eigenvalue weighted by atomic mass is 16.5. The van der Waals surface area contributed by atoms with Crippen molar-refractivity contribution in [3.8, 4) is 11.6 Å². The lowest BCUT2D eigenvalue weighted by Gasteiger charge is -2.08. The van der Waals surface area contributed by atoms with Gasteiger partial charge in [0.15, 0.2) is 0 Å². The first-order chi connectivity index (χ1) is 11.1. The van der Waals surface area contributed by atoms with E-state index in [0.717, 1.165) is 6.07 Å². The summed E-state index contributed by atoms with van der Waals surface area (Å²) < 4.78 is 10.3. The molecule has 0 unspecified atom stereocenters. The molecule has 0 atom stereocenters. The predicted octanol–water partition coefficient (Wildman–Crippen LogP) is 0.431. The number of amides is 1. The molecular weight excluding hydrogens is 302 g/mol. The molecule has 0 bridgehead atoms. The third-order valence-corrected chi connectivity index (χ3v) is 2.85. The topological polar surface area (TPSA) is 114 Å². The Balaban J connectivity index is 1.97. The van der Waals surface area contributed by atoms with Gasteiger partial charge < -0.3 is 24.9 Å². The van der Waals surface area contributed by atoms with Gasteiger partial charge >= 0.3 is 0 Å². The van der Waals surface area contributed by atoms with Gasteiger partial charge in [-0.2, -0.15) is 4.98 Å². The van der Waals surface area contributed by atoms with Crippen molar-refractivity contribution < 1.29 is 19.4 Å². The molecule has 0 spiro atoms. The number of carbonyl (C=O) groups is 1. The SMILES string of the molecule is COCCOc1cccc(C(=O)NCc2nc(O)cc(=O)[nH]2)c1. The number of nitrogens with zero attached hydrogens (tertiary/aromatic N) is 1. The minimum Gasteiger partial charge on any atom is -0.493 e. The number of ether oxygens (including phenoxy) is 2. The quantitative estimate of drug-likeness (QED) is 0.638. The minimum atomic E-state index is -0.490. The van der Waals surface area contributed by atoms with Crippen LogP contribution in [-0.2, 0) is 11.3 Å². The van der Waals surface area contributed by atoms with E-state index in [4.69, 9.17) is 9.47 Å². The first kappa shape index (κ1) is 16.5. The average Bonchev–Trinajstić information content (AvgIpc) is 2.52. The van der Waals surface area contributed by atoms with E-state index in [0.29, 0.717) is 24.5 Å². The van der Waals surface area contributed by atoms with Crippen molar-refractivity contribution in [2.75, 3.05) is 20.3 Å². The van der Waals surface area contributed by atoms with E-state index in [1.807, 2.05) is 0 Å². The lowest BCUT2D eigenvalue weighted by molar-refractivity contribution is 0.0949. The molecule has 1 amide bonds. The molecule has 3 N–H and O–H groups in total. The van der Waals surface area contributed by atoms with Crippen LogP contribution in [0.3, 0.4) is 0 Å². The average molecular weight is 319 g/mol. The van der Waals surface area contributed by atoms with Crippen molar-refractivity contribution in [2.45, 2.75) is 6.54 Å². The van der Waals surface area contributed by atoms with Gasteiger partial charge in [-0.15, -0.1) is 0 Å². The van der Waals surface area contributed by atoms with Crippen LogP contribution in [0.5, 0.6) is 11.6 Å². The molecule has 0 aliphatic rings. The molecule has 0 radical (unpaired) electrons. The molecule has 0 fully saturated rings. The van der Waals surface area contributed by atoms with Crippen LogP contribution >= 0.6 is 0 Å². The monoisotopic (exact) mass is 319 g/mol. The molecule has 0 saturated carbocycles. The van der Waals surface area contributed by atoms with Crippen molar-refractivity contribution in [3.05, 3.63) is 52.1 Å². The van der Waals surface area contributed by atoms with Gasteiger partial charge in [0, 0.05) is 12.7 Å². The molecule has 0 aliphatic carbocycles. The number of aromatic amines is 1. The summed E-state index contributed by atoms with van der Waals surface area (Å²) in [6.07, 6.45) is 0. The van der Waals surface area contributed by atoms with Gasteiger partial charge in [-0.3, -0.25) is 9.59 Å². The molecule has 0 aliphatic heterocycles. The second kappa shape index (κ2) is 7.95. The van der Waals surface area contributed by atoms with Gasteiger partial charge in [-0.1, -0.05) is 6.07 Å². The van der Waals surface area contributed by atoms with Gasteiger partial charge in [0.2, 0.25) is 5.88 Å². The fourth-order valence-electron chi connectivity index (χ4n) is 1.81. The number of nitrogens with one attached hydrogen (secondary N) is 2. The van der Waals surface area contributed by atoms with Crippen LogP contribution in [0.15, 0.2) is 35.1 Å². The van der Waals surface area contributed by atoms with Gasteiger partial charge in [0.25, 0.3) is 11.5 Å². The highest BCUT2D eigenvalue weighted by Gasteiger charge is 2.08. The summed E-state index contributed by atoms with van der Waals surface area (Å²) in [5.74, 6) is -0.0332. The number of methoxy groups -OCH3 is 1. The van der Waals surface area contributed by atoms with Crippen molar-refractivity contribution in [2.24, 2.45) is 0 Å². The summed E-state index contributed by atoms with van der Waals surface area (Å²) >= 11 is 0. The number of hydrogen-bond acceptors (Lipinski definition) is 6. The largest absolute Gasteiger partial charge is 0.493 e. The van der Waals surface area contributed by atoms with E-state index >= 15 is 0 Å². The first-order valence-electron chi connectivity index (χ1n) is 6.87. The van der Waals surface area contributed by atoms with Crippen LogP contribution in [-0.4, -0.2) is 41.3 Å². The molecule has 122 valence electrons. The number of aromatic nitrogens is 2. The maximum atomic E-state index is 12.1. The van der Waals surface area contributed by atoms with Crippen molar-refractivity contribution in [1.29, 1.82) is 0 Å². The molecule has 2 aromatic rings. The molecule has 23 heavy (non-hydrogen) atoms. The standard InChI is InChI=1S/C15H17N3O5/c1-22-5-6-23-11-4-2-3-10(7-11)15(21)16-9-12-17-13(19)8-14(20)18-12/h2-4,7-8H,5-6,9H2,1H3,(H,16,21)(H2,17,18,19,20). The summed E-state index contributed by atoms with van der Waals surface area (Å²) in [7, 11) is 1.58. The van der Waals surface area contributed by atoms with Gasteiger partial charge in [-0.05, 0) is 18.2 Å². The first-order valence-corrected chi connectivity index (χ1v) is 6.87. The summed E-state index contributed by atoms with van der Waals surface area (Å²) in [4.78, 5) is 29.4. The van der Waals surface area contributed by atoms with E-state index in [1.165, 1.54) is 0 Å². The fourth-order valence-corrected chi connectivity index (χ4v) is 1.81. The summed E-state index contributed by atoms with van der Waals surface area (Å²) in [6, 6.07) is 7.62. The second-order valence-electron chi connectivity index (χ2n) is 4.60. The molecule has 2 rings (SSSR count). The van der Waals surface area contributed by atoms with E-state index < -0.39 is 11.4 Å². The van der Waals surface area contributed by atoms with E-state index in [1.54, 1.807) is 31.4 Å². The Kier molecular flexibility index (Phi) is 5.70. The molecule has 1 aromatic heterocycles. The van der Waals surface area contributed by atoms with Crippen LogP contribution in [0.4, 0.5) is 0 Å². The zero-order chi connectivity index (χ0) is 16.7. The number of hydrogen-bond donors (Lipinski definition) is 3. The zero-order valence-electron chi connectivity index (χ0n) is 12.5. The maximum absolute atomic E-state index is 12.1. The second-order valence-corrected chi connectivity index (χ2v) is 4.60. The van der Waals surface area contributed by atoms with E-state index in [9.17, 15) is 14.7 Å². The molecule has 8 nitrogen and oxygen atoms in total. The van der Waals surface area contributed by atoms with Crippen molar-refractivity contribution >= 4 is 5.91 Å². The molecule has 1 aromatic carbocycles. The molecular formula is C15H17N3O5. The van der Waals surface area contributed by atoms with Gasteiger partial charge in [0.1, 0.15) is 18.2 Å². The lowest BCUT2D eigenvalue weighted by Crippen LogP contribution is -2.25. The third-order valence-electron chi connectivity index (χ3n) is 2.85. The highest BCUT2D eigenvalue weighted by Crippen LogP contribution is 2.13. The number of aromatic hydroxyl groups is 1. The minimum absolute atomic E-state index is 0.0166. The van der Waals surface area contributed by atoms with Gasteiger partial charge in [0.05, 0.1) is 19.2 Å². The van der Waals surface area contributed by atoms with Crippen LogP contribution < -0.4 is 15.6 Å². The van der Waals surface area contributed by atoms with E-state index in [-0.39, 0.29) is 18.3 Å². The number of rotatable bonds is 7. The lowest BCUT2D eigenvalue weighted by atomic mass is 10.2. The molecule has 1 heterocycles. The normalized spacial score (nSPS) is 10.3. The Bertz CT molecular complexity index is 729. The Morgan fingerprint density at radius 1 is 1.35 bits per heavy atom. The van der Waals surface area contributed by atoms with Crippen LogP contribution in [0.25, 0.3) is 0 Å². The highest BCUT2D eigenvalue weighted by molar-refractivity contribution is 5.94. The predicted molar refractivity (Wildman–Crippen MR) is 81.5 cm³/mol. The summed E-state index contributed by atoms with van der Waals surface area (Å²) in [6.45, 7) is 0.820. The number of benzene rings is 1. The smallest absolute Gasteiger partial charge is 0.254 e. The number of H-pyrrole nitrogens is 1. The zero-order valence-corrected chi connectivity index (χ0v) is 12.5. The Hall–Kier alpha value is -2.87. The molecule has 0 saturated heterocycles. The van der Waals surface area contributed by atoms with Crippen LogP contribution in [0.2, 0.25) is 0 Å². The Labute approximate surface area is 132 Å². The summed E-state index contributed by atoms with van der Waals surface area (Å²) in [5.41, 5.74) is -0.0855. The third kappa shape index (κ3) is 5.11.